The molecule has 10 nitrogen and oxygen atoms in total. The number of hydrogen-bond acceptors (Lipinski definition) is 9. The van der Waals surface area contributed by atoms with Crippen molar-refractivity contribution < 1.29 is 38.1 Å². The van der Waals surface area contributed by atoms with Crippen LogP contribution in [0.5, 0.6) is 0 Å². The van der Waals surface area contributed by atoms with Gasteiger partial charge in [0, 0.05) is 44.6 Å². The van der Waals surface area contributed by atoms with E-state index in [2.05, 4.69) is 10.6 Å². The molecular formula is C24H28N2O8. The third-order valence-electron chi connectivity index (χ3n) is 4.51. The van der Waals surface area contributed by atoms with Gasteiger partial charge in [-0.3, -0.25) is 19.7 Å². The normalized spacial score (nSPS) is 10.1. The Morgan fingerprint density at radius 2 is 1.15 bits per heavy atom. The van der Waals surface area contributed by atoms with E-state index in [4.69, 9.17) is 18.9 Å². The van der Waals surface area contributed by atoms with Crippen molar-refractivity contribution >= 4 is 35.4 Å². The van der Waals surface area contributed by atoms with Gasteiger partial charge in [-0.15, -0.1) is 0 Å². The Bertz CT molecular complexity index is 995. The lowest BCUT2D eigenvalue weighted by atomic mass is 10.0. The molecule has 10 heteroatoms. The Kier molecular flexibility index (Phi) is 9.88. The van der Waals surface area contributed by atoms with Gasteiger partial charge in [0.05, 0.1) is 5.69 Å². The Balaban J connectivity index is 2.27. The van der Waals surface area contributed by atoms with Crippen molar-refractivity contribution in [3.63, 3.8) is 0 Å². The zero-order valence-electron chi connectivity index (χ0n) is 19.6. The molecule has 0 fully saturated rings. The van der Waals surface area contributed by atoms with Crippen molar-refractivity contribution in [2.75, 3.05) is 17.7 Å². The van der Waals surface area contributed by atoms with Crippen molar-refractivity contribution in [2.24, 2.45) is 0 Å². The van der Waals surface area contributed by atoms with E-state index in [0.29, 0.717) is 16.7 Å². The van der Waals surface area contributed by atoms with E-state index in [1.54, 1.807) is 19.2 Å². The molecule has 0 saturated heterocycles. The molecule has 182 valence electrons. The van der Waals surface area contributed by atoms with Gasteiger partial charge in [0.25, 0.3) is 0 Å². The molecule has 0 aliphatic rings. The van der Waals surface area contributed by atoms with E-state index in [-0.39, 0.29) is 32.1 Å². The first kappa shape index (κ1) is 26.2. The molecule has 0 spiro atoms. The first-order valence-electron chi connectivity index (χ1n) is 10.4. The summed E-state index contributed by atoms with van der Waals surface area (Å²) in [6, 6.07) is 10.6. The highest BCUT2D eigenvalue weighted by Crippen LogP contribution is 2.27. The van der Waals surface area contributed by atoms with Crippen molar-refractivity contribution in [1.29, 1.82) is 0 Å². The highest BCUT2D eigenvalue weighted by Gasteiger charge is 2.17. The summed E-state index contributed by atoms with van der Waals surface area (Å²) in [5.41, 5.74) is 3.36. The fourth-order valence-corrected chi connectivity index (χ4v) is 2.91. The van der Waals surface area contributed by atoms with Crippen LogP contribution in [0.15, 0.2) is 36.4 Å². The number of nitrogens with one attached hydrogen (secondary N) is 2. The molecule has 0 saturated carbocycles. The van der Waals surface area contributed by atoms with E-state index in [1.807, 2.05) is 24.3 Å². The van der Waals surface area contributed by atoms with Gasteiger partial charge in [-0.1, -0.05) is 12.1 Å². The zero-order chi connectivity index (χ0) is 25.1. The van der Waals surface area contributed by atoms with Crippen molar-refractivity contribution in [2.45, 2.75) is 47.2 Å². The second-order valence-corrected chi connectivity index (χ2v) is 7.28. The predicted octanol–water partition coefficient (Wildman–Crippen LogP) is 3.67. The monoisotopic (exact) mass is 472 g/mol. The van der Waals surface area contributed by atoms with Crippen LogP contribution in [-0.4, -0.2) is 31.0 Å². The van der Waals surface area contributed by atoms with Crippen LogP contribution in [0.4, 0.5) is 16.2 Å². The Morgan fingerprint density at radius 1 is 0.676 bits per heavy atom. The van der Waals surface area contributed by atoms with E-state index in [9.17, 15) is 19.2 Å². The van der Waals surface area contributed by atoms with Crippen LogP contribution in [0.2, 0.25) is 0 Å². The topological polar surface area (TPSA) is 129 Å². The van der Waals surface area contributed by atoms with Gasteiger partial charge in [0.15, 0.2) is 0 Å². The molecule has 0 aliphatic heterocycles. The van der Waals surface area contributed by atoms with Gasteiger partial charge >= 0.3 is 24.0 Å². The number of benzene rings is 2. The van der Waals surface area contributed by atoms with E-state index in [1.165, 1.54) is 20.8 Å². The second kappa shape index (κ2) is 12.8. The maximum atomic E-state index is 12.6. The van der Waals surface area contributed by atoms with Crippen LogP contribution in [0.25, 0.3) is 0 Å². The van der Waals surface area contributed by atoms with Crippen LogP contribution in [-0.2, 0) is 59.8 Å². The van der Waals surface area contributed by atoms with E-state index >= 15 is 0 Å². The summed E-state index contributed by atoms with van der Waals surface area (Å²) >= 11 is 0. The Morgan fingerprint density at radius 3 is 1.62 bits per heavy atom. The average Bonchev–Trinajstić information content (AvgIpc) is 2.80. The lowest BCUT2D eigenvalue weighted by Gasteiger charge is -2.18. The second-order valence-electron chi connectivity index (χ2n) is 7.28. The minimum absolute atomic E-state index is 0.0267. The smallest absolute Gasteiger partial charge is 0.411 e. The van der Waals surface area contributed by atoms with E-state index in [0.717, 1.165) is 11.3 Å². The first-order valence-corrected chi connectivity index (χ1v) is 10.4. The van der Waals surface area contributed by atoms with Crippen LogP contribution in [0, 0.1) is 0 Å². The number of ether oxygens (including phenoxy) is 4. The number of carbonyl (C=O) groups is 4. The number of esters is 3. The fourth-order valence-electron chi connectivity index (χ4n) is 2.91. The van der Waals surface area contributed by atoms with Crippen molar-refractivity contribution in [3.8, 4) is 0 Å². The summed E-state index contributed by atoms with van der Waals surface area (Å²) in [5, 5.41) is 5.65. The van der Waals surface area contributed by atoms with Crippen molar-refractivity contribution in [3.05, 3.63) is 58.7 Å². The third kappa shape index (κ3) is 8.81. The summed E-state index contributed by atoms with van der Waals surface area (Å²) in [4.78, 5) is 46.5. The van der Waals surface area contributed by atoms with Gasteiger partial charge < -0.3 is 24.3 Å². The molecule has 0 bridgehead atoms. The molecule has 2 N–H and O–H groups in total. The van der Waals surface area contributed by atoms with Crippen LogP contribution in [0.1, 0.15) is 43.0 Å². The standard InChI is InChI=1S/C24H28N2O8/c1-15(27)31-12-19-9-20(13-32-16(2)28)23(21(10-19)14-33-17(3)29)26-24(30)34-11-18-5-7-22(25-4)8-6-18/h5-10,25H,11-14H2,1-4H3,(H,26,30). The molecule has 2 rings (SSSR count). The molecule has 2 aromatic rings. The molecular weight excluding hydrogens is 444 g/mol. The molecule has 1 amide bonds. The number of carbonyl (C=O) groups excluding carboxylic acids is 4. The summed E-state index contributed by atoms with van der Waals surface area (Å²) in [6.07, 6.45) is -0.751. The molecule has 0 aromatic heterocycles. The summed E-state index contributed by atoms with van der Waals surface area (Å²) in [5.74, 6) is -1.52. The molecule has 0 heterocycles. The molecule has 0 radical (unpaired) electrons. The van der Waals surface area contributed by atoms with Gasteiger partial charge in [0.1, 0.15) is 26.4 Å². The number of amides is 1. The Labute approximate surface area is 197 Å². The van der Waals surface area contributed by atoms with Crippen LogP contribution < -0.4 is 10.6 Å². The third-order valence-corrected chi connectivity index (χ3v) is 4.51. The molecule has 2 aromatic carbocycles. The predicted molar refractivity (Wildman–Crippen MR) is 123 cm³/mol. The SMILES string of the molecule is CNc1ccc(COC(=O)Nc2c(COC(C)=O)cc(COC(C)=O)cc2COC(C)=O)cc1. The maximum Gasteiger partial charge on any atom is 0.411 e. The number of hydrogen-bond donors (Lipinski definition) is 2. The molecule has 0 atom stereocenters. The van der Waals surface area contributed by atoms with Gasteiger partial charge in [-0.05, 0) is 35.4 Å². The van der Waals surface area contributed by atoms with Gasteiger partial charge in [0.2, 0.25) is 0 Å². The van der Waals surface area contributed by atoms with Crippen LogP contribution >= 0.6 is 0 Å². The quantitative estimate of drug-likeness (QED) is 0.393. The first-order chi connectivity index (χ1) is 16.2. The summed E-state index contributed by atoms with van der Waals surface area (Å²) in [6.45, 7) is 3.42. The fraction of sp³-hybridized carbons (Fsp3) is 0.333. The largest absolute Gasteiger partial charge is 0.461 e. The minimum atomic E-state index is -0.751. The van der Waals surface area contributed by atoms with Crippen LogP contribution in [0.3, 0.4) is 0 Å². The van der Waals surface area contributed by atoms with Gasteiger partial charge in [-0.25, -0.2) is 4.79 Å². The summed E-state index contributed by atoms with van der Waals surface area (Å²) in [7, 11) is 1.80. The molecule has 34 heavy (non-hydrogen) atoms. The number of rotatable bonds is 10. The van der Waals surface area contributed by atoms with Crippen molar-refractivity contribution in [1.82, 2.24) is 0 Å². The average molecular weight is 472 g/mol. The lowest BCUT2D eigenvalue weighted by molar-refractivity contribution is -0.142. The Hall–Kier alpha value is -4.08. The highest BCUT2D eigenvalue weighted by atomic mass is 16.6. The highest BCUT2D eigenvalue weighted by molar-refractivity contribution is 5.87. The summed E-state index contributed by atoms with van der Waals surface area (Å²) < 4.78 is 20.6. The lowest BCUT2D eigenvalue weighted by Crippen LogP contribution is -2.18. The molecule has 0 aliphatic carbocycles. The minimum Gasteiger partial charge on any atom is -0.461 e. The zero-order valence-corrected chi connectivity index (χ0v) is 19.6. The molecule has 0 unspecified atom stereocenters. The van der Waals surface area contributed by atoms with Gasteiger partial charge in [-0.2, -0.15) is 0 Å². The number of anilines is 2. The maximum absolute atomic E-state index is 12.6. The van der Waals surface area contributed by atoms with E-state index < -0.39 is 24.0 Å².